The number of carbonyl (C=O) groups excluding carboxylic acids is 2. The van der Waals surface area contributed by atoms with E-state index in [0.717, 1.165) is 17.3 Å². The molecule has 0 fully saturated rings. The number of anilines is 1. The lowest BCUT2D eigenvalue weighted by molar-refractivity contribution is -0.118. The Bertz CT molecular complexity index is 883. The Balaban J connectivity index is 2.34. The molecule has 0 heterocycles. The molecular formula is C21H24N2O4S. The van der Waals surface area contributed by atoms with Crippen molar-refractivity contribution >= 4 is 34.6 Å². The Morgan fingerprint density at radius 3 is 2.29 bits per heavy atom. The van der Waals surface area contributed by atoms with Gasteiger partial charge in [0.2, 0.25) is 5.91 Å². The van der Waals surface area contributed by atoms with Crippen LogP contribution in [0.2, 0.25) is 0 Å². The summed E-state index contributed by atoms with van der Waals surface area (Å²) in [7, 11) is 3.27. The summed E-state index contributed by atoms with van der Waals surface area (Å²) < 4.78 is -1.08. The van der Waals surface area contributed by atoms with Gasteiger partial charge in [-0.15, -0.1) is 0 Å². The maximum absolute atomic E-state index is 13.2. The van der Waals surface area contributed by atoms with Crippen molar-refractivity contribution in [3.63, 3.8) is 0 Å². The molecule has 2 rings (SSSR count). The highest BCUT2D eigenvalue weighted by Crippen LogP contribution is 2.33. The molecular weight excluding hydrogens is 376 g/mol. The van der Waals surface area contributed by atoms with Gasteiger partial charge in [0.25, 0.3) is 5.24 Å². The van der Waals surface area contributed by atoms with Gasteiger partial charge in [-0.1, -0.05) is 36.4 Å². The summed E-state index contributed by atoms with van der Waals surface area (Å²) in [5.74, 6) is -1.42. The minimum Gasteiger partial charge on any atom is -0.478 e. The number of aromatic carboxylic acids is 1. The molecule has 0 radical (unpaired) electrons. The number of thioether (sulfide) groups is 1. The number of amides is 2. The Labute approximate surface area is 168 Å². The SMILES string of the molecule is Cc1c(NC(=O)C(C)(Cc2ccccc2)SC(=O)N(C)C)cccc1C(=O)O. The van der Waals surface area contributed by atoms with E-state index in [1.165, 1.54) is 11.0 Å². The Kier molecular flexibility index (Phi) is 6.85. The summed E-state index contributed by atoms with van der Waals surface area (Å²) in [5, 5.41) is 11.9. The van der Waals surface area contributed by atoms with Crippen molar-refractivity contribution in [1.29, 1.82) is 0 Å². The lowest BCUT2D eigenvalue weighted by Gasteiger charge is -2.28. The van der Waals surface area contributed by atoms with Crippen LogP contribution in [0.1, 0.15) is 28.4 Å². The van der Waals surface area contributed by atoms with Gasteiger partial charge in [-0.2, -0.15) is 0 Å². The first kappa shape index (κ1) is 21.5. The summed E-state index contributed by atoms with van der Waals surface area (Å²) in [6.07, 6.45) is 0.349. The second kappa shape index (κ2) is 8.93. The number of carboxylic acid groups (broad SMARTS) is 1. The molecule has 6 nitrogen and oxygen atoms in total. The maximum atomic E-state index is 13.2. The predicted octanol–water partition coefficient (Wildman–Crippen LogP) is 4.05. The fourth-order valence-corrected chi connectivity index (χ4v) is 3.64. The lowest BCUT2D eigenvalue weighted by Crippen LogP contribution is -2.41. The smallest absolute Gasteiger partial charge is 0.336 e. The molecule has 28 heavy (non-hydrogen) atoms. The van der Waals surface area contributed by atoms with Gasteiger partial charge < -0.3 is 15.3 Å². The van der Waals surface area contributed by atoms with E-state index in [1.807, 2.05) is 30.3 Å². The summed E-state index contributed by atoms with van der Waals surface area (Å²) in [6, 6.07) is 14.2. The summed E-state index contributed by atoms with van der Waals surface area (Å²) in [5.41, 5.74) is 1.94. The number of rotatable bonds is 6. The van der Waals surface area contributed by atoms with Gasteiger partial charge in [-0.3, -0.25) is 9.59 Å². The molecule has 0 spiro atoms. The van der Waals surface area contributed by atoms with E-state index in [2.05, 4.69) is 5.32 Å². The molecule has 0 aliphatic carbocycles. The van der Waals surface area contributed by atoms with Crippen LogP contribution in [0, 0.1) is 6.92 Å². The summed E-state index contributed by atoms with van der Waals surface area (Å²) >= 11 is 0.952. The summed E-state index contributed by atoms with van der Waals surface area (Å²) in [6.45, 7) is 3.36. The number of hydrogen-bond acceptors (Lipinski definition) is 4. The van der Waals surface area contributed by atoms with Crippen molar-refractivity contribution < 1.29 is 19.5 Å². The van der Waals surface area contributed by atoms with Crippen LogP contribution in [0.25, 0.3) is 0 Å². The molecule has 0 aromatic heterocycles. The van der Waals surface area contributed by atoms with E-state index < -0.39 is 10.7 Å². The maximum Gasteiger partial charge on any atom is 0.336 e. The molecule has 148 valence electrons. The first-order valence-corrected chi connectivity index (χ1v) is 9.54. The number of hydrogen-bond donors (Lipinski definition) is 2. The van der Waals surface area contributed by atoms with Crippen LogP contribution >= 0.6 is 11.8 Å². The number of benzene rings is 2. The van der Waals surface area contributed by atoms with E-state index >= 15 is 0 Å². The number of carbonyl (C=O) groups is 3. The Morgan fingerprint density at radius 2 is 1.71 bits per heavy atom. The van der Waals surface area contributed by atoms with Gasteiger partial charge in [0.1, 0.15) is 4.75 Å². The zero-order valence-electron chi connectivity index (χ0n) is 16.4. The molecule has 0 aliphatic heterocycles. The molecule has 7 heteroatoms. The van der Waals surface area contributed by atoms with Crippen molar-refractivity contribution in [1.82, 2.24) is 4.90 Å². The highest BCUT2D eigenvalue weighted by atomic mass is 32.2. The third-order valence-electron chi connectivity index (χ3n) is 4.35. The number of nitrogens with zero attached hydrogens (tertiary/aromatic N) is 1. The highest BCUT2D eigenvalue weighted by Gasteiger charge is 2.38. The molecule has 2 aromatic carbocycles. The fraction of sp³-hybridized carbons (Fsp3) is 0.286. The number of carboxylic acids is 1. The van der Waals surface area contributed by atoms with Gasteiger partial charge in [0.05, 0.1) is 5.56 Å². The second-order valence-corrected chi connectivity index (χ2v) is 8.35. The molecule has 0 bridgehead atoms. The molecule has 2 amide bonds. The lowest BCUT2D eigenvalue weighted by atomic mass is 9.98. The highest BCUT2D eigenvalue weighted by molar-refractivity contribution is 8.15. The molecule has 2 N–H and O–H groups in total. The van der Waals surface area contributed by atoms with Crippen LogP contribution in [-0.2, 0) is 11.2 Å². The molecule has 0 saturated carbocycles. The van der Waals surface area contributed by atoms with Crippen molar-refractivity contribution in [2.75, 3.05) is 19.4 Å². The van der Waals surface area contributed by atoms with Crippen molar-refractivity contribution in [2.45, 2.75) is 25.0 Å². The first-order chi connectivity index (χ1) is 13.1. The quantitative estimate of drug-likeness (QED) is 0.764. The van der Waals surface area contributed by atoms with Gasteiger partial charge in [0, 0.05) is 19.8 Å². The van der Waals surface area contributed by atoms with E-state index in [0.29, 0.717) is 17.7 Å². The van der Waals surface area contributed by atoms with E-state index in [-0.39, 0.29) is 16.7 Å². The van der Waals surface area contributed by atoms with E-state index in [4.69, 9.17) is 0 Å². The van der Waals surface area contributed by atoms with Crippen LogP contribution in [0.15, 0.2) is 48.5 Å². The normalized spacial score (nSPS) is 12.7. The third kappa shape index (κ3) is 5.13. The van der Waals surface area contributed by atoms with E-state index in [9.17, 15) is 19.5 Å². The molecule has 2 aromatic rings. The minimum atomic E-state index is -1.08. The second-order valence-electron chi connectivity index (χ2n) is 6.89. The average molecular weight is 401 g/mol. The average Bonchev–Trinajstić information content (AvgIpc) is 2.63. The van der Waals surface area contributed by atoms with Crippen LogP contribution < -0.4 is 5.32 Å². The van der Waals surface area contributed by atoms with Gasteiger partial charge >= 0.3 is 5.97 Å². The molecule has 1 unspecified atom stereocenters. The van der Waals surface area contributed by atoms with Crippen LogP contribution in [-0.4, -0.2) is 46.0 Å². The Morgan fingerprint density at radius 1 is 1.07 bits per heavy atom. The summed E-state index contributed by atoms with van der Waals surface area (Å²) in [4.78, 5) is 38.3. The minimum absolute atomic E-state index is 0.125. The Hall–Kier alpha value is -2.80. The monoisotopic (exact) mass is 400 g/mol. The van der Waals surface area contributed by atoms with Crippen molar-refractivity contribution in [3.8, 4) is 0 Å². The van der Waals surface area contributed by atoms with Gasteiger partial charge in [-0.05, 0) is 55.3 Å². The third-order valence-corrected chi connectivity index (χ3v) is 5.67. The molecule has 1 atom stereocenters. The number of nitrogens with one attached hydrogen (secondary N) is 1. The zero-order valence-corrected chi connectivity index (χ0v) is 17.2. The van der Waals surface area contributed by atoms with Crippen LogP contribution in [0.5, 0.6) is 0 Å². The standard InChI is InChI=1S/C21H24N2O4S/c1-14-16(18(24)25)11-8-12-17(14)22-19(26)21(2,28-20(27)23(3)4)13-15-9-6-5-7-10-15/h5-12H,13H2,1-4H3,(H,22,26)(H,24,25). The first-order valence-electron chi connectivity index (χ1n) is 8.72. The zero-order chi connectivity index (χ0) is 20.9. The van der Waals surface area contributed by atoms with E-state index in [1.54, 1.807) is 40.1 Å². The van der Waals surface area contributed by atoms with Crippen molar-refractivity contribution in [3.05, 3.63) is 65.2 Å². The fourth-order valence-electron chi connectivity index (χ4n) is 2.69. The van der Waals surface area contributed by atoms with Crippen molar-refractivity contribution in [2.24, 2.45) is 0 Å². The van der Waals surface area contributed by atoms with Gasteiger partial charge in [0.15, 0.2) is 0 Å². The largest absolute Gasteiger partial charge is 0.478 e. The van der Waals surface area contributed by atoms with Gasteiger partial charge in [-0.25, -0.2) is 4.79 Å². The van der Waals surface area contributed by atoms with Crippen LogP contribution in [0.3, 0.4) is 0 Å². The molecule has 0 aliphatic rings. The predicted molar refractivity (Wildman–Crippen MR) is 112 cm³/mol. The van der Waals surface area contributed by atoms with Crippen LogP contribution in [0.4, 0.5) is 10.5 Å². The topological polar surface area (TPSA) is 86.7 Å². The molecule has 0 saturated heterocycles.